The van der Waals surface area contributed by atoms with Crippen molar-refractivity contribution in [2.24, 2.45) is 5.92 Å². The number of halogens is 4. The Hall–Kier alpha value is 0.913. The molecule has 0 heterocycles. The summed E-state index contributed by atoms with van der Waals surface area (Å²) in [6, 6.07) is 11.0. The fraction of sp³-hybridized carbons (Fsp3) is 0.429. The second-order valence-corrected chi connectivity index (χ2v) is 9.89. The van der Waals surface area contributed by atoms with Crippen molar-refractivity contribution in [3.63, 3.8) is 0 Å². The van der Waals surface area contributed by atoms with Gasteiger partial charge in [0.25, 0.3) is 0 Å². The second-order valence-electron chi connectivity index (χ2n) is 6.47. The molecule has 0 radical (unpaired) electrons. The smallest absolute Gasteiger partial charge is 1.00 e. The van der Waals surface area contributed by atoms with Gasteiger partial charge in [-0.05, 0) is 34.2 Å². The topological polar surface area (TPSA) is 0 Å². The summed E-state index contributed by atoms with van der Waals surface area (Å²) in [5, 5.41) is 1.70. The molecule has 0 atom stereocenters. The van der Waals surface area contributed by atoms with Gasteiger partial charge < -0.3 is 49.6 Å². The summed E-state index contributed by atoms with van der Waals surface area (Å²) >= 11 is 0. The Morgan fingerprint density at radius 2 is 1.30 bits per heavy atom. The molecule has 0 amide bonds. The van der Waals surface area contributed by atoms with Crippen molar-refractivity contribution in [1.29, 1.82) is 0 Å². The van der Waals surface area contributed by atoms with Crippen LogP contribution in [0.5, 0.6) is 0 Å². The Kier molecular flexibility index (Phi) is 23.2. The first-order valence-corrected chi connectivity index (χ1v) is 9.96. The molecule has 27 heavy (non-hydrogen) atoms. The maximum absolute atomic E-state index is 2.39. The van der Waals surface area contributed by atoms with Gasteiger partial charge in [-0.25, -0.2) is 0 Å². The largest absolute Gasteiger partial charge is 4.00 e. The van der Waals surface area contributed by atoms with Gasteiger partial charge in [0.1, 0.15) is 0 Å². The van der Waals surface area contributed by atoms with E-state index in [2.05, 4.69) is 89.3 Å². The Morgan fingerprint density at radius 3 is 1.67 bits per heavy atom. The molecule has 1 aliphatic carbocycles. The van der Waals surface area contributed by atoms with E-state index in [1.165, 1.54) is 5.56 Å². The van der Waals surface area contributed by atoms with Crippen LogP contribution in [0.25, 0.3) is 5.57 Å². The predicted octanol–water partition coefficient (Wildman–Crippen LogP) is -5.14. The summed E-state index contributed by atoms with van der Waals surface area (Å²) in [6.07, 6.45) is 10.2. The molecule has 0 spiro atoms. The van der Waals surface area contributed by atoms with E-state index in [9.17, 15) is 0 Å². The molecule has 6 heteroatoms. The van der Waals surface area contributed by atoms with Gasteiger partial charge in [-0.1, -0.05) is 97.2 Å². The van der Waals surface area contributed by atoms with E-state index < -0.39 is 0 Å². The Bertz CT molecular complexity index is 563. The zero-order valence-electron chi connectivity index (χ0n) is 16.6. The van der Waals surface area contributed by atoms with Crippen LogP contribution in [0.2, 0.25) is 0 Å². The van der Waals surface area contributed by atoms with Gasteiger partial charge in [0.2, 0.25) is 0 Å². The zero-order valence-corrected chi connectivity index (χ0v) is 23.0. The molecule has 0 N–H and O–H groups in total. The van der Waals surface area contributed by atoms with Crippen molar-refractivity contribution in [1.82, 2.24) is 0 Å². The van der Waals surface area contributed by atoms with Crippen molar-refractivity contribution in [3.05, 3.63) is 65.5 Å². The van der Waals surface area contributed by atoms with E-state index in [0.29, 0.717) is 5.92 Å². The molecular formula is C21H29Cl4PZr. The average Bonchev–Trinajstić information content (AvgIpc) is 3.00. The number of allylic oxidation sites excluding steroid dienone is 6. The fourth-order valence-electron chi connectivity index (χ4n) is 3.53. The Labute approximate surface area is 211 Å². The minimum absolute atomic E-state index is 0. The van der Waals surface area contributed by atoms with Crippen LogP contribution in [0.1, 0.15) is 46.6 Å². The first kappa shape index (κ1) is 35.4. The van der Waals surface area contributed by atoms with Gasteiger partial charge in [0.15, 0.2) is 0 Å². The molecule has 2 rings (SSSR count). The van der Waals surface area contributed by atoms with E-state index in [-0.39, 0.29) is 83.8 Å². The Morgan fingerprint density at radius 1 is 0.852 bits per heavy atom. The molecule has 0 unspecified atom stereocenters. The summed E-state index contributed by atoms with van der Waals surface area (Å²) in [4.78, 5) is 0. The normalized spacial score (nSPS) is 13.2. The zero-order chi connectivity index (χ0) is 16.1. The van der Waals surface area contributed by atoms with Crippen molar-refractivity contribution in [2.75, 3.05) is 0 Å². The number of hydrogen-bond acceptors (Lipinski definition) is 0. The molecular weight excluding hydrogens is 516 g/mol. The standard InChI is InChI=1S/C21H29P.4ClH.Zr/c1-6-20(22(16(2)3)17(4)5)21(19-14-10-11-15-19)18-12-8-7-9-13-18;;;;;/h7-17,19H,6H2,1-5H3;4*1H;/q;;;;;+4/p-4. The maximum atomic E-state index is 2.39. The van der Waals surface area contributed by atoms with E-state index in [4.69, 9.17) is 0 Å². The van der Waals surface area contributed by atoms with Crippen LogP contribution in [0.15, 0.2) is 60.0 Å². The molecule has 0 aliphatic heterocycles. The third-order valence-electron chi connectivity index (χ3n) is 4.24. The third kappa shape index (κ3) is 9.51. The third-order valence-corrected chi connectivity index (χ3v) is 7.64. The van der Waals surface area contributed by atoms with Crippen LogP contribution in [-0.4, -0.2) is 11.3 Å². The summed E-state index contributed by atoms with van der Waals surface area (Å²) in [5.41, 5.74) is 4.42. The van der Waals surface area contributed by atoms with Gasteiger partial charge in [0, 0.05) is 5.92 Å². The van der Waals surface area contributed by atoms with Gasteiger partial charge in [-0.15, -0.1) is 0 Å². The number of rotatable bonds is 6. The molecule has 1 aliphatic rings. The minimum Gasteiger partial charge on any atom is -1.00 e. The molecule has 150 valence electrons. The summed E-state index contributed by atoms with van der Waals surface area (Å²) in [5.74, 6) is 0.444. The summed E-state index contributed by atoms with van der Waals surface area (Å²) in [6.45, 7) is 11.9. The van der Waals surface area contributed by atoms with Gasteiger partial charge in [0.05, 0.1) is 0 Å². The fourth-order valence-corrected chi connectivity index (χ4v) is 6.89. The average molecular weight is 545 g/mol. The van der Waals surface area contributed by atoms with Crippen molar-refractivity contribution < 1.29 is 75.8 Å². The van der Waals surface area contributed by atoms with Crippen LogP contribution in [0.4, 0.5) is 0 Å². The molecule has 0 saturated carbocycles. The molecule has 0 saturated heterocycles. The van der Waals surface area contributed by atoms with Crippen LogP contribution >= 0.6 is 7.92 Å². The van der Waals surface area contributed by atoms with Gasteiger partial charge >= 0.3 is 26.2 Å². The number of benzene rings is 1. The predicted molar refractivity (Wildman–Crippen MR) is 103 cm³/mol. The maximum Gasteiger partial charge on any atom is 4.00 e. The van der Waals surface area contributed by atoms with Crippen molar-refractivity contribution in [3.8, 4) is 0 Å². The second kappa shape index (κ2) is 17.7. The van der Waals surface area contributed by atoms with Gasteiger partial charge in [-0.3, -0.25) is 0 Å². The van der Waals surface area contributed by atoms with Crippen LogP contribution in [0.3, 0.4) is 0 Å². The molecule has 0 fully saturated rings. The minimum atomic E-state index is -0.109. The Balaban J connectivity index is -0.000000529. The SMILES string of the molecule is CCC(=C(c1ccccc1)C1C=CC=C1)P(C(C)C)C(C)C.[Cl-].[Cl-].[Cl-].[Cl-].[Zr+4]. The molecule has 0 bridgehead atoms. The molecule has 1 aromatic carbocycles. The van der Waals surface area contributed by atoms with Crippen LogP contribution < -0.4 is 49.6 Å². The quantitative estimate of drug-likeness (QED) is 0.314. The first-order chi connectivity index (χ1) is 10.6. The first-order valence-electron chi connectivity index (χ1n) is 8.48. The van der Waals surface area contributed by atoms with Crippen molar-refractivity contribution >= 4 is 13.5 Å². The van der Waals surface area contributed by atoms with E-state index in [1.807, 2.05) is 0 Å². The molecule has 0 aromatic heterocycles. The van der Waals surface area contributed by atoms with E-state index in [0.717, 1.165) is 17.7 Å². The number of hydrogen-bond donors (Lipinski definition) is 0. The van der Waals surface area contributed by atoms with E-state index >= 15 is 0 Å². The monoisotopic (exact) mass is 542 g/mol. The van der Waals surface area contributed by atoms with Crippen LogP contribution in [0, 0.1) is 5.92 Å². The molecule has 0 nitrogen and oxygen atoms in total. The summed E-state index contributed by atoms with van der Waals surface area (Å²) in [7, 11) is -0.109. The summed E-state index contributed by atoms with van der Waals surface area (Å²) < 4.78 is 0. The van der Waals surface area contributed by atoms with Crippen LogP contribution in [-0.2, 0) is 26.2 Å². The van der Waals surface area contributed by atoms with E-state index in [1.54, 1.807) is 10.9 Å². The van der Waals surface area contributed by atoms with Crippen molar-refractivity contribution in [2.45, 2.75) is 52.4 Å². The van der Waals surface area contributed by atoms with Gasteiger partial charge in [-0.2, -0.15) is 0 Å². The molecule has 1 aromatic rings.